The number of halogens is 2. The van der Waals surface area contributed by atoms with Crippen molar-refractivity contribution in [2.24, 2.45) is 0 Å². The molecule has 1 N–H and O–H groups in total. The van der Waals surface area contributed by atoms with E-state index >= 15 is 0 Å². The minimum Gasteiger partial charge on any atom is -0.352 e. The van der Waals surface area contributed by atoms with Crippen LogP contribution in [0.25, 0.3) is 0 Å². The molecule has 0 aromatic heterocycles. The van der Waals surface area contributed by atoms with E-state index in [2.05, 4.69) is 49.3 Å². The zero-order chi connectivity index (χ0) is 25.2. The van der Waals surface area contributed by atoms with Crippen molar-refractivity contribution in [3.63, 3.8) is 0 Å². The van der Waals surface area contributed by atoms with Crippen LogP contribution in [0.15, 0.2) is 87.8 Å². The van der Waals surface area contributed by atoms with Gasteiger partial charge in [0.25, 0.3) is 0 Å². The number of nitrogens with zero attached hydrogens (tertiary/aromatic N) is 1. The fourth-order valence-corrected chi connectivity index (χ4v) is 5.04. The smallest absolute Gasteiger partial charge is 0.243 e. The quantitative estimate of drug-likeness (QED) is 0.263. The molecule has 0 aliphatic heterocycles. The molecule has 0 heterocycles. The zero-order valence-electron chi connectivity index (χ0n) is 19.9. The van der Waals surface area contributed by atoms with Crippen LogP contribution in [0.4, 0.5) is 0 Å². The number of nitrogens with one attached hydrogen (secondary N) is 1. The van der Waals surface area contributed by atoms with Gasteiger partial charge in [-0.05, 0) is 54.8 Å². The minimum atomic E-state index is -0.607. The monoisotopic (exact) mass is 616 g/mol. The lowest BCUT2D eigenvalue weighted by Gasteiger charge is -2.32. The third-order valence-corrected chi connectivity index (χ3v) is 7.42. The fraction of sp³-hybridized carbons (Fsp3) is 0.286. The Morgan fingerprint density at radius 1 is 0.829 bits per heavy atom. The molecule has 184 valence electrons. The summed E-state index contributed by atoms with van der Waals surface area (Å²) >= 11 is 8.50. The average molecular weight is 618 g/mol. The van der Waals surface area contributed by atoms with E-state index in [9.17, 15) is 9.59 Å². The molecule has 4 nitrogen and oxygen atoms in total. The molecule has 3 rings (SSSR count). The van der Waals surface area contributed by atoms with Gasteiger partial charge in [-0.2, -0.15) is 0 Å². The van der Waals surface area contributed by atoms with Crippen molar-refractivity contribution < 1.29 is 9.59 Å². The maximum Gasteiger partial charge on any atom is 0.243 e. The maximum atomic E-state index is 13.6. The SMILES string of the molecule is CC(C)NC(=O)C(Cc1ccccc1)N(Cc1ccc(Br)cc1)C(=O)CSCc1ccc(Br)cc1. The predicted octanol–water partition coefficient (Wildman–Crippen LogP) is 6.61. The van der Waals surface area contributed by atoms with Crippen molar-refractivity contribution in [2.75, 3.05) is 5.75 Å². The molecule has 0 aliphatic rings. The van der Waals surface area contributed by atoms with Crippen LogP contribution in [0.1, 0.15) is 30.5 Å². The molecule has 0 aliphatic carbocycles. The Kier molecular flexibility index (Phi) is 10.9. The van der Waals surface area contributed by atoms with Gasteiger partial charge in [-0.25, -0.2) is 0 Å². The zero-order valence-corrected chi connectivity index (χ0v) is 23.9. The molecule has 35 heavy (non-hydrogen) atoms. The van der Waals surface area contributed by atoms with Gasteiger partial charge in [0.2, 0.25) is 11.8 Å². The first-order chi connectivity index (χ1) is 16.8. The van der Waals surface area contributed by atoms with Crippen LogP contribution in [0.3, 0.4) is 0 Å². The highest BCUT2D eigenvalue weighted by atomic mass is 79.9. The van der Waals surface area contributed by atoms with E-state index in [1.807, 2.05) is 80.6 Å². The summed E-state index contributed by atoms with van der Waals surface area (Å²) in [7, 11) is 0. The summed E-state index contributed by atoms with van der Waals surface area (Å²) < 4.78 is 2.01. The molecule has 3 aromatic rings. The summed E-state index contributed by atoms with van der Waals surface area (Å²) in [6, 6.07) is 25.2. The first kappa shape index (κ1) is 27.5. The number of amides is 2. The van der Waals surface area contributed by atoms with E-state index in [0.29, 0.717) is 18.7 Å². The molecular formula is C28H30Br2N2O2S. The molecule has 0 spiro atoms. The van der Waals surface area contributed by atoms with Crippen LogP contribution >= 0.6 is 43.6 Å². The van der Waals surface area contributed by atoms with Crippen molar-refractivity contribution in [2.45, 2.75) is 44.6 Å². The number of hydrogen-bond acceptors (Lipinski definition) is 3. The maximum absolute atomic E-state index is 13.6. The molecule has 3 aromatic carbocycles. The lowest BCUT2D eigenvalue weighted by atomic mass is 10.0. The topological polar surface area (TPSA) is 49.4 Å². The second kappa shape index (κ2) is 13.9. The largest absolute Gasteiger partial charge is 0.352 e. The molecule has 0 bridgehead atoms. The number of carbonyl (C=O) groups excluding carboxylic acids is 2. The lowest BCUT2D eigenvalue weighted by molar-refractivity contribution is -0.139. The van der Waals surface area contributed by atoms with E-state index in [1.54, 1.807) is 16.7 Å². The van der Waals surface area contributed by atoms with Gasteiger partial charge < -0.3 is 10.2 Å². The highest BCUT2D eigenvalue weighted by Gasteiger charge is 2.30. The van der Waals surface area contributed by atoms with Crippen LogP contribution in [0.5, 0.6) is 0 Å². The van der Waals surface area contributed by atoms with Gasteiger partial charge in [-0.1, -0.05) is 86.5 Å². The Hall–Kier alpha value is -2.09. The predicted molar refractivity (Wildman–Crippen MR) is 152 cm³/mol. The molecule has 0 saturated carbocycles. The Balaban J connectivity index is 1.83. The second-order valence-electron chi connectivity index (χ2n) is 8.64. The van der Waals surface area contributed by atoms with E-state index in [0.717, 1.165) is 31.4 Å². The summed E-state index contributed by atoms with van der Waals surface area (Å²) in [5, 5.41) is 3.03. The van der Waals surface area contributed by atoms with Crippen molar-refractivity contribution >= 4 is 55.4 Å². The van der Waals surface area contributed by atoms with Crippen molar-refractivity contribution in [3.05, 3.63) is 104 Å². The van der Waals surface area contributed by atoms with E-state index in [1.165, 1.54) is 0 Å². The number of rotatable bonds is 11. The summed E-state index contributed by atoms with van der Waals surface area (Å²) in [6.45, 7) is 4.24. The van der Waals surface area contributed by atoms with Gasteiger partial charge >= 0.3 is 0 Å². The van der Waals surface area contributed by atoms with E-state index in [4.69, 9.17) is 0 Å². The average Bonchev–Trinajstić information content (AvgIpc) is 2.84. The molecule has 0 radical (unpaired) electrons. The first-order valence-electron chi connectivity index (χ1n) is 11.5. The third kappa shape index (κ3) is 9.13. The molecular weight excluding hydrogens is 588 g/mol. The Bertz CT molecular complexity index is 1090. The highest BCUT2D eigenvalue weighted by molar-refractivity contribution is 9.10. The van der Waals surface area contributed by atoms with Crippen LogP contribution in [-0.4, -0.2) is 34.6 Å². The van der Waals surface area contributed by atoms with E-state index < -0.39 is 6.04 Å². The normalized spacial score (nSPS) is 11.8. The van der Waals surface area contributed by atoms with Crippen LogP contribution in [-0.2, 0) is 28.3 Å². The minimum absolute atomic E-state index is 0.0165. The van der Waals surface area contributed by atoms with Crippen molar-refractivity contribution in [3.8, 4) is 0 Å². The Morgan fingerprint density at radius 3 is 1.97 bits per heavy atom. The summed E-state index contributed by atoms with van der Waals surface area (Å²) in [4.78, 5) is 28.7. The second-order valence-corrected chi connectivity index (χ2v) is 11.5. The molecule has 0 fully saturated rings. The number of hydrogen-bond donors (Lipinski definition) is 1. The van der Waals surface area contributed by atoms with Crippen LogP contribution < -0.4 is 5.32 Å². The van der Waals surface area contributed by atoms with Crippen LogP contribution in [0.2, 0.25) is 0 Å². The molecule has 1 atom stereocenters. The van der Waals surface area contributed by atoms with Gasteiger partial charge in [0, 0.05) is 33.7 Å². The van der Waals surface area contributed by atoms with Gasteiger partial charge in [-0.15, -0.1) is 11.8 Å². The van der Waals surface area contributed by atoms with Crippen molar-refractivity contribution in [1.82, 2.24) is 10.2 Å². The Labute approximate surface area is 229 Å². The molecule has 2 amide bonds. The van der Waals surface area contributed by atoms with E-state index in [-0.39, 0.29) is 17.9 Å². The number of carbonyl (C=O) groups is 2. The number of benzene rings is 3. The van der Waals surface area contributed by atoms with Gasteiger partial charge in [0.1, 0.15) is 6.04 Å². The van der Waals surface area contributed by atoms with Gasteiger partial charge in [0.05, 0.1) is 5.75 Å². The van der Waals surface area contributed by atoms with Crippen LogP contribution in [0, 0.1) is 0 Å². The molecule has 0 saturated heterocycles. The van der Waals surface area contributed by atoms with Gasteiger partial charge in [-0.3, -0.25) is 9.59 Å². The van der Waals surface area contributed by atoms with Crippen molar-refractivity contribution in [1.29, 1.82) is 0 Å². The Morgan fingerprint density at radius 2 is 1.40 bits per heavy atom. The lowest BCUT2D eigenvalue weighted by Crippen LogP contribution is -2.52. The standard InChI is InChI=1S/C28H30Br2N2O2S/c1-20(2)31-28(34)26(16-21-6-4-3-5-7-21)32(17-22-8-12-24(29)13-9-22)27(33)19-35-18-23-10-14-25(30)15-11-23/h3-15,20,26H,16-19H2,1-2H3,(H,31,34). The van der Waals surface area contributed by atoms with Gasteiger partial charge in [0.15, 0.2) is 0 Å². The summed E-state index contributed by atoms with van der Waals surface area (Å²) in [6.07, 6.45) is 0.457. The molecule has 1 unspecified atom stereocenters. The number of thioether (sulfide) groups is 1. The fourth-order valence-electron chi connectivity index (χ4n) is 3.64. The summed E-state index contributed by atoms with van der Waals surface area (Å²) in [5.41, 5.74) is 3.16. The third-order valence-electron chi connectivity index (χ3n) is 5.38. The summed E-state index contributed by atoms with van der Waals surface area (Å²) in [5.74, 6) is 0.849. The highest BCUT2D eigenvalue weighted by Crippen LogP contribution is 2.20. The molecule has 7 heteroatoms. The first-order valence-corrected chi connectivity index (χ1v) is 14.3.